The number of benzene rings is 4. The third kappa shape index (κ3) is 2.61. The van der Waals surface area contributed by atoms with Gasteiger partial charge in [-0.1, -0.05) is 60.7 Å². The van der Waals surface area contributed by atoms with E-state index in [1.54, 1.807) is 0 Å². The molecule has 0 bridgehead atoms. The first kappa shape index (κ1) is 19.1. The molecule has 0 unspecified atom stereocenters. The molecule has 7 rings (SSSR count). The van der Waals surface area contributed by atoms with Crippen molar-refractivity contribution < 1.29 is 0 Å². The zero-order valence-electron chi connectivity index (χ0n) is 19.2. The van der Waals surface area contributed by atoms with E-state index < -0.39 is 0 Å². The zero-order valence-corrected chi connectivity index (χ0v) is 19.2. The predicted molar refractivity (Wildman–Crippen MR) is 142 cm³/mol. The Bertz CT molecular complexity index is 1880. The molecule has 3 heteroatoms. The van der Waals surface area contributed by atoms with Crippen molar-refractivity contribution in [2.45, 2.75) is 13.8 Å². The molecular formula is C31H23N3. The molecule has 0 spiro atoms. The fraction of sp³-hybridized carbons (Fsp3) is 0.0645. The van der Waals surface area contributed by atoms with Gasteiger partial charge < -0.3 is 9.13 Å². The average molecular weight is 438 g/mol. The van der Waals surface area contributed by atoms with Gasteiger partial charge in [-0.15, -0.1) is 0 Å². The van der Waals surface area contributed by atoms with Crippen molar-refractivity contribution in [1.82, 2.24) is 14.1 Å². The molecule has 162 valence electrons. The van der Waals surface area contributed by atoms with E-state index in [1.807, 2.05) is 6.20 Å². The molecule has 0 aliphatic rings. The van der Waals surface area contributed by atoms with Gasteiger partial charge in [-0.2, -0.15) is 0 Å². The van der Waals surface area contributed by atoms with Crippen LogP contribution in [0.2, 0.25) is 0 Å². The van der Waals surface area contributed by atoms with E-state index in [2.05, 4.69) is 120 Å². The minimum absolute atomic E-state index is 1.04. The third-order valence-corrected chi connectivity index (χ3v) is 6.83. The molecule has 0 atom stereocenters. The van der Waals surface area contributed by atoms with Gasteiger partial charge in [-0.3, -0.25) is 4.98 Å². The van der Waals surface area contributed by atoms with E-state index in [1.165, 1.54) is 38.3 Å². The number of aryl methyl sites for hydroxylation is 2. The lowest BCUT2D eigenvalue weighted by molar-refractivity contribution is 1.15. The molecule has 0 aliphatic carbocycles. The average Bonchev–Trinajstić information content (AvgIpc) is 3.37. The topological polar surface area (TPSA) is 22.8 Å². The van der Waals surface area contributed by atoms with Crippen molar-refractivity contribution in [2.24, 2.45) is 0 Å². The van der Waals surface area contributed by atoms with Gasteiger partial charge in [0.2, 0.25) is 0 Å². The Balaban J connectivity index is 1.75. The Morgan fingerprint density at radius 2 is 1.15 bits per heavy atom. The molecule has 0 aliphatic heterocycles. The Morgan fingerprint density at radius 3 is 1.82 bits per heavy atom. The van der Waals surface area contributed by atoms with E-state index in [-0.39, 0.29) is 0 Å². The van der Waals surface area contributed by atoms with Crippen LogP contribution >= 0.6 is 0 Å². The number of para-hydroxylation sites is 2. The fourth-order valence-corrected chi connectivity index (χ4v) is 5.42. The predicted octanol–water partition coefficient (Wildman–Crippen LogP) is 7.89. The van der Waals surface area contributed by atoms with Crippen LogP contribution < -0.4 is 0 Å². The molecular weight excluding hydrogens is 414 g/mol. The number of fused-ring (bicyclic) bond motifs is 7. The Hall–Kier alpha value is -4.37. The van der Waals surface area contributed by atoms with Crippen LogP contribution in [0.1, 0.15) is 11.1 Å². The lowest BCUT2D eigenvalue weighted by atomic mass is 10.1. The van der Waals surface area contributed by atoms with E-state index in [0.29, 0.717) is 0 Å². The van der Waals surface area contributed by atoms with E-state index in [0.717, 1.165) is 27.9 Å². The van der Waals surface area contributed by atoms with Gasteiger partial charge in [-0.05, 0) is 61.4 Å². The monoisotopic (exact) mass is 437 g/mol. The number of aromatic nitrogens is 3. The summed E-state index contributed by atoms with van der Waals surface area (Å²) in [5.41, 5.74) is 10.5. The van der Waals surface area contributed by atoms with E-state index in [4.69, 9.17) is 4.98 Å². The first-order valence-electron chi connectivity index (χ1n) is 11.7. The van der Waals surface area contributed by atoms with Crippen molar-refractivity contribution >= 4 is 43.7 Å². The Labute approximate surface area is 197 Å². The molecule has 0 saturated carbocycles. The molecule has 0 amide bonds. The molecule has 7 aromatic rings. The zero-order chi connectivity index (χ0) is 22.8. The van der Waals surface area contributed by atoms with E-state index >= 15 is 0 Å². The first-order valence-corrected chi connectivity index (χ1v) is 11.7. The summed E-state index contributed by atoms with van der Waals surface area (Å²) in [6.07, 6.45) is 2.05. The van der Waals surface area contributed by atoms with Crippen molar-refractivity contribution in [3.8, 4) is 11.4 Å². The number of rotatable bonds is 2. The highest BCUT2D eigenvalue weighted by atomic mass is 15.0. The summed E-state index contributed by atoms with van der Waals surface area (Å²) in [6.45, 7) is 4.29. The van der Waals surface area contributed by atoms with Crippen LogP contribution in [-0.4, -0.2) is 14.1 Å². The van der Waals surface area contributed by atoms with Gasteiger partial charge in [0, 0.05) is 27.5 Å². The number of hydrogen-bond acceptors (Lipinski definition) is 1. The van der Waals surface area contributed by atoms with Gasteiger partial charge in [0.15, 0.2) is 0 Å². The van der Waals surface area contributed by atoms with Crippen LogP contribution in [0.5, 0.6) is 0 Å². The summed E-state index contributed by atoms with van der Waals surface area (Å²) in [5.74, 6) is 0. The number of nitrogens with zero attached hydrogens (tertiary/aromatic N) is 3. The van der Waals surface area contributed by atoms with Crippen molar-refractivity contribution in [3.63, 3.8) is 0 Å². The molecule has 3 heterocycles. The molecule has 0 radical (unpaired) electrons. The molecule has 3 nitrogen and oxygen atoms in total. The van der Waals surface area contributed by atoms with Crippen molar-refractivity contribution in [2.75, 3.05) is 0 Å². The standard InChI is InChI=1S/C31H23N3/c1-20-9-7-11-22(17-20)33-26-15-5-3-13-24(26)29-28(33)19-32-30-25-14-4-6-16-27(25)34(31(29)30)23-12-8-10-21(2)18-23/h3-19H,1-2H3. The van der Waals surface area contributed by atoms with Gasteiger partial charge in [-0.25, -0.2) is 0 Å². The van der Waals surface area contributed by atoms with Crippen LogP contribution in [0, 0.1) is 13.8 Å². The molecule has 34 heavy (non-hydrogen) atoms. The lowest BCUT2D eigenvalue weighted by Gasteiger charge is -2.10. The molecule has 0 saturated heterocycles. The van der Waals surface area contributed by atoms with Gasteiger partial charge in [0.1, 0.15) is 0 Å². The fourth-order valence-electron chi connectivity index (χ4n) is 5.42. The lowest BCUT2D eigenvalue weighted by Crippen LogP contribution is -1.96. The maximum absolute atomic E-state index is 5.07. The van der Waals surface area contributed by atoms with Gasteiger partial charge in [0.05, 0.1) is 33.8 Å². The summed E-state index contributed by atoms with van der Waals surface area (Å²) < 4.78 is 4.74. The molecule has 0 N–H and O–H groups in total. The minimum Gasteiger partial charge on any atom is -0.308 e. The highest BCUT2D eigenvalue weighted by Gasteiger charge is 2.21. The van der Waals surface area contributed by atoms with Crippen LogP contribution in [0.15, 0.2) is 103 Å². The first-order chi connectivity index (χ1) is 16.7. The van der Waals surface area contributed by atoms with Gasteiger partial charge >= 0.3 is 0 Å². The smallest absolute Gasteiger partial charge is 0.0971 e. The highest BCUT2D eigenvalue weighted by molar-refractivity contribution is 6.24. The van der Waals surface area contributed by atoms with E-state index in [9.17, 15) is 0 Å². The minimum atomic E-state index is 1.04. The number of pyridine rings is 1. The second-order valence-electron chi connectivity index (χ2n) is 9.10. The third-order valence-electron chi connectivity index (χ3n) is 6.83. The molecule has 4 aromatic carbocycles. The summed E-state index contributed by atoms with van der Waals surface area (Å²) in [5, 5.41) is 3.65. The Morgan fingerprint density at radius 1 is 0.559 bits per heavy atom. The SMILES string of the molecule is Cc1cccc(-n2c3ccccc3c3c2cnc2c4ccccc4n(-c4cccc(C)c4)c23)c1. The highest BCUT2D eigenvalue weighted by Crippen LogP contribution is 2.40. The maximum Gasteiger partial charge on any atom is 0.0971 e. The van der Waals surface area contributed by atoms with Crippen molar-refractivity contribution in [1.29, 1.82) is 0 Å². The van der Waals surface area contributed by atoms with Crippen LogP contribution in [-0.2, 0) is 0 Å². The second kappa shape index (κ2) is 7.06. The second-order valence-corrected chi connectivity index (χ2v) is 9.10. The number of hydrogen-bond donors (Lipinski definition) is 0. The largest absolute Gasteiger partial charge is 0.308 e. The Kier molecular flexibility index (Phi) is 3.97. The van der Waals surface area contributed by atoms with Crippen LogP contribution in [0.25, 0.3) is 55.1 Å². The molecule has 3 aromatic heterocycles. The summed E-state index contributed by atoms with van der Waals surface area (Å²) in [7, 11) is 0. The summed E-state index contributed by atoms with van der Waals surface area (Å²) in [4.78, 5) is 5.07. The van der Waals surface area contributed by atoms with Crippen LogP contribution in [0.3, 0.4) is 0 Å². The van der Waals surface area contributed by atoms with Crippen molar-refractivity contribution in [3.05, 3.63) is 114 Å². The normalized spacial score (nSPS) is 11.8. The molecule has 0 fully saturated rings. The summed E-state index contributed by atoms with van der Waals surface area (Å²) in [6, 6.07) is 34.7. The quantitative estimate of drug-likeness (QED) is 0.270. The van der Waals surface area contributed by atoms with Gasteiger partial charge in [0.25, 0.3) is 0 Å². The summed E-state index contributed by atoms with van der Waals surface area (Å²) >= 11 is 0. The van der Waals surface area contributed by atoms with Crippen LogP contribution in [0.4, 0.5) is 0 Å². The maximum atomic E-state index is 5.07.